The molecule has 0 fully saturated rings. The Labute approximate surface area is 109 Å². The first-order valence-electron chi connectivity index (χ1n) is 5.10. The Hall–Kier alpha value is -1.07. The molecule has 4 N–H and O–H groups in total. The largest absolute Gasteiger partial charge is 0.347 e. The number of hydrazine groups is 1. The standard InChI is InChI=1S/C11H12Cl2N4/c12-8-3-1-2-7(10(8)13)6-9(17-14)11-15-4-5-16-11/h1-5,9,17H,6,14H2,(H,15,16). The van der Waals surface area contributed by atoms with Gasteiger partial charge in [-0.05, 0) is 18.1 Å². The molecule has 0 aliphatic carbocycles. The maximum atomic E-state index is 6.12. The highest BCUT2D eigenvalue weighted by Crippen LogP contribution is 2.28. The van der Waals surface area contributed by atoms with Crippen molar-refractivity contribution in [3.8, 4) is 0 Å². The average Bonchev–Trinajstić information content (AvgIpc) is 2.85. The monoisotopic (exact) mass is 270 g/mol. The Kier molecular flexibility index (Phi) is 4.02. The normalized spacial score (nSPS) is 12.6. The van der Waals surface area contributed by atoms with Crippen LogP contribution in [-0.2, 0) is 6.42 Å². The highest BCUT2D eigenvalue weighted by molar-refractivity contribution is 6.42. The highest BCUT2D eigenvalue weighted by atomic mass is 35.5. The van der Waals surface area contributed by atoms with Crippen molar-refractivity contribution >= 4 is 23.2 Å². The van der Waals surface area contributed by atoms with E-state index in [1.807, 2.05) is 12.1 Å². The molecule has 0 spiro atoms. The van der Waals surface area contributed by atoms with Crippen LogP contribution in [0.25, 0.3) is 0 Å². The molecule has 2 aromatic rings. The molecule has 0 amide bonds. The third kappa shape index (κ3) is 2.79. The molecule has 1 heterocycles. The Bertz CT molecular complexity index is 484. The molecule has 4 nitrogen and oxygen atoms in total. The number of aromatic nitrogens is 2. The SMILES string of the molecule is NNC(Cc1cccc(Cl)c1Cl)c1ncc[nH]1. The van der Waals surface area contributed by atoms with Gasteiger partial charge in [-0.2, -0.15) is 0 Å². The van der Waals surface area contributed by atoms with E-state index in [4.69, 9.17) is 29.0 Å². The van der Waals surface area contributed by atoms with Gasteiger partial charge in [-0.15, -0.1) is 0 Å². The fourth-order valence-electron chi connectivity index (χ4n) is 1.63. The molecular formula is C11H12Cl2N4. The van der Waals surface area contributed by atoms with Gasteiger partial charge in [0.25, 0.3) is 0 Å². The minimum atomic E-state index is -0.124. The van der Waals surface area contributed by atoms with Crippen molar-refractivity contribution in [2.24, 2.45) is 5.84 Å². The predicted octanol–water partition coefficient (Wildman–Crippen LogP) is 2.46. The van der Waals surface area contributed by atoms with Gasteiger partial charge in [-0.1, -0.05) is 35.3 Å². The minimum absolute atomic E-state index is 0.124. The van der Waals surface area contributed by atoms with E-state index in [2.05, 4.69) is 15.4 Å². The Morgan fingerprint density at radius 3 is 2.88 bits per heavy atom. The van der Waals surface area contributed by atoms with E-state index in [0.717, 1.165) is 11.4 Å². The van der Waals surface area contributed by atoms with Crippen LogP contribution in [0.1, 0.15) is 17.4 Å². The van der Waals surface area contributed by atoms with Crippen LogP contribution < -0.4 is 11.3 Å². The summed E-state index contributed by atoms with van der Waals surface area (Å²) in [4.78, 5) is 7.17. The molecule has 90 valence electrons. The smallest absolute Gasteiger partial charge is 0.124 e. The van der Waals surface area contributed by atoms with Crippen LogP contribution in [0.15, 0.2) is 30.6 Å². The number of aromatic amines is 1. The number of hydrogen-bond acceptors (Lipinski definition) is 3. The molecule has 1 aromatic carbocycles. The zero-order chi connectivity index (χ0) is 12.3. The van der Waals surface area contributed by atoms with E-state index in [1.165, 1.54) is 0 Å². The molecule has 0 bridgehead atoms. The highest BCUT2D eigenvalue weighted by Gasteiger charge is 2.15. The summed E-state index contributed by atoms with van der Waals surface area (Å²) in [5.74, 6) is 6.28. The van der Waals surface area contributed by atoms with E-state index in [1.54, 1.807) is 18.5 Å². The minimum Gasteiger partial charge on any atom is -0.347 e. The maximum Gasteiger partial charge on any atom is 0.124 e. The van der Waals surface area contributed by atoms with Crippen molar-refractivity contribution in [3.05, 3.63) is 52.0 Å². The zero-order valence-electron chi connectivity index (χ0n) is 8.95. The maximum absolute atomic E-state index is 6.12. The third-order valence-electron chi connectivity index (χ3n) is 2.51. The number of halogens is 2. The molecule has 6 heteroatoms. The molecule has 0 saturated carbocycles. The summed E-state index contributed by atoms with van der Waals surface area (Å²) < 4.78 is 0. The van der Waals surface area contributed by atoms with Gasteiger partial charge in [-0.25, -0.2) is 10.4 Å². The first-order chi connectivity index (χ1) is 8.22. The van der Waals surface area contributed by atoms with Crippen molar-refractivity contribution in [1.82, 2.24) is 15.4 Å². The van der Waals surface area contributed by atoms with Gasteiger partial charge in [0, 0.05) is 12.4 Å². The van der Waals surface area contributed by atoms with Gasteiger partial charge >= 0.3 is 0 Å². The molecule has 0 saturated heterocycles. The van der Waals surface area contributed by atoms with Crippen LogP contribution in [-0.4, -0.2) is 9.97 Å². The zero-order valence-corrected chi connectivity index (χ0v) is 10.5. The fourth-order valence-corrected chi connectivity index (χ4v) is 2.03. The predicted molar refractivity (Wildman–Crippen MR) is 68.8 cm³/mol. The second-order valence-electron chi connectivity index (χ2n) is 3.61. The number of rotatable bonds is 4. The summed E-state index contributed by atoms with van der Waals surface area (Å²) in [7, 11) is 0. The van der Waals surface area contributed by atoms with Crippen LogP contribution >= 0.6 is 23.2 Å². The molecule has 1 atom stereocenters. The van der Waals surface area contributed by atoms with E-state index in [9.17, 15) is 0 Å². The lowest BCUT2D eigenvalue weighted by Gasteiger charge is -2.14. The fraction of sp³-hybridized carbons (Fsp3) is 0.182. The summed E-state index contributed by atoms with van der Waals surface area (Å²) in [6.45, 7) is 0. The van der Waals surface area contributed by atoms with Crippen LogP contribution in [0, 0.1) is 0 Å². The Balaban J connectivity index is 2.22. The van der Waals surface area contributed by atoms with E-state index < -0.39 is 0 Å². The third-order valence-corrected chi connectivity index (χ3v) is 3.36. The number of nitrogens with zero attached hydrogens (tertiary/aromatic N) is 1. The summed E-state index contributed by atoms with van der Waals surface area (Å²) in [6.07, 6.45) is 4.04. The van der Waals surface area contributed by atoms with Crippen molar-refractivity contribution in [3.63, 3.8) is 0 Å². The molecule has 0 radical (unpaired) electrons. The van der Waals surface area contributed by atoms with E-state index >= 15 is 0 Å². The first kappa shape index (κ1) is 12.4. The number of benzene rings is 1. The second kappa shape index (κ2) is 5.51. The molecule has 0 aliphatic heterocycles. The quantitative estimate of drug-likeness (QED) is 0.591. The van der Waals surface area contributed by atoms with Crippen molar-refractivity contribution in [1.29, 1.82) is 0 Å². The number of H-pyrrole nitrogens is 1. The number of nitrogens with two attached hydrogens (primary N) is 1. The number of hydrogen-bond donors (Lipinski definition) is 3. The summed E-state index contributed by atoms with van der Waals surface area (Å²) in [6, 6.07) is 5.41. The van der Waals surface area contributed by atoms with Gasteiger partial charge in [-0.3, -0.25) is 5.84 Å². The molecule has 0 aliphatic rings. The summed E-state index contributed by atoms with van der Waals surface area (Å²) in [5, 5.41) is 1.10. The van der Waals surface area contributed by atoms with Crippen LogP contribution in [0.3, 0.4) is 0 Å². The van der Waals surface area contributed by atoms with Gasteiger partial charge in [0.05, 0.1) is 16.1 Å². The molecule has 2 rings (SSSR count). The lowest BCUT2D eigenvalue weighted by Crippen LogP contribution is -2.30. The molecular weight excluding hydrogens is 259 g/mol. The first-order valence-corrected chi connectivity index (χ1v) is 5.86. The summed E-state index contributed by atoms with van der Waals surface area (Å²) >= 11 is 12.1. The van der Waals surface area contributed by atoms with Crippen LogP contribution in [0.2, 0.25) is 10.0 Å². The van der Waals surface area contributed by atoms with E-state index in [-0.39, 0.29) is 6.04 Å². The van der Waals surface area contributed by atoms with Crippen molar-refractivity contribution in [2.75, 3.05) is 0 Å². The lowest BCUT2D eigenvalue weighted by molar-refractivity contribution is 0.527. The van der Waals surface area contributed by atoms with Crippen LogP contribution in [0.4, 0.5) is 0 Å². The molecule has 1 aromatic heterocycles. The molecule has 1 unspecified atom stereocenters. The topological polar surface area (TPSA) is 66.7 Å². The van der Waals surface area contributed by atoms with Crippen molar-refractivity contribution in [2.45, 2.75) is 12.5 Å². The number of nitrogens with one attached hydrogen (secondary N) is 2. The summed E-state index contributed by atoms with van der Waals surface area (Å²) in [5.41, 5.74) is 3.63. The van der Waals surface area contributed by atoms with Gasteiger partial charge < -0.3 is 4.98 Å². The van der Waals surface area contributed by atoms with Crippen LogP contribution in [0.5, 0.6) is 0 Å². The lowest BCUT2D eigenvalue weighted by atomic mass is 10.1. The van der Waals surface area contributed by atoms with Gasteiger partial charge in [0.1, 0.15) is 5.82 Å². The number of imidazole rings is 1. The molecule has 17 heavy (non-hydrogen) atoms. The van der Waals surface area contributed by atoms with Gasteiger partial charge in [0.15, 0.2) is 0 Å². The van der Waals surface area contributed by atoms with E-state index in [0.29, 0.717) is 16.5 Å². The Morgan fingerprint density at radius 1 is 1.41 bits per heavy atom. The van der Waals surface area contributed by atoms with Crippen molar-refractivity contribution < 1.29 is 0 Å². The second-order valence-corrected chi connectivity index (χ2v) is 4.40. The van der Waals surface area contributed by atoms with Gasteiger partial charge in [0.2, 0.25) is 0 Å². The average molecular weight is 271 g/mol. The Morgan fingerprint density at radius 2 is 2.24 bits per heavy atom.